The van der Waals surface area contributed by atoms with Crippen LogP contribution in [0.25, 0.3) is 11.1 Å². The second kappa shape index (κ2) is 6.71. The van der Waals surface area contributed by atoms with Gasteiger partial charge in [-0.3, -0.25) is 19.5 Å². The van der Waals surface area contributed by atoms with Gasteiger partial charge in [-0.1, -0.05) is 32.9 Å². The Kier molecular flexibility index (Phi) is 4.57. The van der Waals surface area contributed by atoms with E-state index >= 15 is 0 Å². The molecule has 0 aliphatic carbocycles. The van der Waals surface area contributed by atoms with E-state index in [1.165, 1.54) is 18.2 Å². The zero-order valence-electron chi connectivity index (χ0n) is 15.2. The number of nitro groups is 1. The third kappa shape index (κ3) is 3.89. The van der Waals surface area contributed by atoms with Crippen LogP contribution in [0.3, 0.4) is 0 Å². The van der Waals surface area contributed by atoms with E-state index in [2.05, 4.69) is 26.1 Å². The molecule has 0 radical (unpaired) electrons. The van der Waals surface area contributed by atoms with Crippen LogP contribution in [0.5, 0.6) is 0 Å². The normalized spacial score (nSPS) is 11.5. The molecule has 0 atom stereocenters. The van der Waals surface area contributed by atoms with E-state index in [0.717, 1.165) is 10.1 Å². The van der Waals surface area contributed by atoms with Crippen LogP contribution in [-0.4, -0.2) is 15.4 Å². The Morgan fingerprint density at radius 1 is 1.19 bits per heavy atom. The van der Waals surface area contributed by atoms with Gasteiger partial charge in [-0.25, -0.2) is 4.79 Å². The molecule has 8 heteroatoms. The fraction of sp³-hybridized carbons (Fsp3) is 0.263. The van der Waals surface area contributed by atoms with Gasteiger partial charge in [-0.2, -0.15) is 0 Å². The summed E-state index contributed by atoms with van der Waals surface area (Å²) in [6.07, 6.45) is 0. The average molecular weight is 369 g/mol. The van der Waals surface area contributed by atoms with E-state index in [0.29, 0.717) is 5.69 Å². The first-order chi connectivity index (χ1) is 12.6. The van der Waals surface area contributed by atoms with E-state index in [4.69, 9.17) is 4.42 Å². The predicted molar refractivity (Wildman–Crippen MR) is 101 cm³/mol. The highest BCUT2D eigenvalue weighted by Gasteiger charge is 2.17. The summed E-state index contributed by atoms with van der Waals surface area (Å²) < 4.78 is 6.11. The highest BCUT2D eigenvalue weighted by Crippen LogP contribution is 2.24. The fourth-order valence-corrected chi connectivity index (χ4v) is 2.71. The molecule has 27 heavy (non-hydrogen) atoms. The van der Waals surface area contributed by atoms with Crippen molar-refractivity contribution in [2.24, 2.45) is 0 Å². The van der Waals surface area contributed by atoms with Crippen LogP contribution < -0.4 is 11.1 Å². The Morgan fingerprint density at radius 2 is 1.85 bits per heavy atom. The van der Waals surface area contributed by atoms with Crippen molar-refractivity contribution in [1.29, 1.82) is 0 Å². The molecule has 0 aliphatic rings. The average Bonchev–Trinajstić information content (AvgIpc) is 2.89. The van der Waals surface area contributed by atoms with E-state index in [9.17, 15) is 19.7 Å². The molecular weight excluding hydrogens is 350 g/mol. The number of aromatic nitrogens is 1. The molecule has 2 aromatic carbocycles. The minimum Gasteiger partial charge on any atom is -0.408 e. The maximum absolute atomic E-state index is 12.3. The molecular formula is C19H19N3O5. The van der Waals surface area contributed by atoms with Crippen LogP contribution in [0.1, 0.15) is 26.3 Å². The van der Waals surface area contributed by atoms with Gasteiger partial charge in [0, 0.05) is 17.8 Å². The van der Waals surface area contributed by atoms with E-state index in [-0.39, 0.29) is 28.7 Å². The molecule has 3 aromatic rings. The smallest absolute Gasteiger partial charge is 0.408 e. The fourth-order valence-electron chi connectivity index (χ4n) is 2.71. The second-order valence-electron chi connectivity index (χ2n) is 7.24. The van der Waals surface area contributed by atoms with Crippen molar-refractivity contribution in [3.63, 3.8) is 0 Å². The first-order valence-electron chi connectivity index (χ1n) is 8.33. The number of nitrogens with one attached hydrogen (secondary N) is 1. The molecule has 0 aliphatic heterocycles. The van der Waals surface area contributed by atoms with Crippen molar-refractivity contribution in [2.45, 2.75) is 32.7 Å². The number of amides is 1. The van der Waals surface area contributed by atoms with Gasteiger partial charge in [0.15, 0.2) is 5.58 Å². The van der Waals surface area contributed by atoms with Gasteiger partial charge >= 0.3 is 5.76 Å². The summed E-state index contributed by atoms with van der Waals surface area (Å²) in [5, 5.41) is 13.6. The lowest BCUT2D eigenvalue weighted by Crippen LogP contribution is -2.24. The molecule has 8 nitrogen and oxygen atoms in total. The number of oxazole rings is 1. The molecule has 0 fully saturated rings. The molecule has 1 aromatic heterocycles. The summed E-state index contributed by atoms with van der Waals surface area (Å²) in [4.78, 5) is 34.7. The number of hydrogen-bond donors (Lipinski definition) is 1. The van der Waals surface area contributed by atoms with Crippen molar-refractivity contribution < 1.29 is 14.1 Å². The number of rotatable bonds is 4. The van der Waals surface area contributed by atoms with Crippen molar-refractivity contribution >= 4 is 28.4 Å². The lowest BCUT2D eigenvalue weighted by atomic mass is 9.87. The highest BCUT2D eigenvalue weighted by atomic mass is 16.6. The van der Waals surface area contributed by atoms with Gasteiger partial charge in [0.25, 0.3) is 5.69 Å². The standard InChI is InChI=1S/C19H19N3O5/c1-19(2,3)12-4-6-13(7-5-12)20-17(23)11-21-15-10-14(22(25)26)8-9-16(15)27-18(21)24/h4-10H,11H2,1-3H3,(H,20,23). The number of benzene rings is 2. The van der Waals surface area contributed by atoms with E-state index in [1.807, 2.05) is 12.1 Å². The van der Waals surface area contributed by atoms with E-state index in [1.54, 1.807) is 12.1 Å². The van der Waals surface area contributed by atoms with Crippen LogP contribution in [0.4, 0.5) is 11.4 Å². The number of anilines is 1. The third-order valence-corrected chi connectivity index (χ3v) is 4.20. The number of nitrogens with zero attached hydrogens (tertiary/aromatic N) is 2. The van der Waals surface area contributed by atoms with Crippen molar-refractivity contribution in [2.75, 3.05) is 5.32 Å². The lowest BCUT2D eigenvalue weighted by Gasteiger charge is -2.19. The summed E-state index contributed by atoms with van der Waals surface area (Å²) in [6, 6.07) is 11.2. The largest absolute Gasteiger partial charge is 0.420 e. The van der Waals surface area contributed by atoms with Gasteiger partial charge < -0.3 is 9.73 Å². The monoisotopic (exact) mass is 369 g/mol. The topological polar surface area (TPSA) is 107 Å². The van der Waals surface area contributed by atoms with E-state index < -0.39 is 16.6 Å². The molecule has 1 N–H and O–H groups in total. The van der Waals surface area contributed by atoms with Gasteiger partial charge in [-0.15, -0.1) is 0 Å². The number of carbonyl (C=O) groups excluding carboxylic acids is 1. The minimum atomic E-state index is -0.747. The molecule has 0 saturated carbocycles. The van der Waals surface area contributed by atoms with Crippen molar-refractivity contribution in [1.82, 2.24) is 4.57 Å². The maximum Gasteiger partial charge on any atom is 0.420 e. The maximum atomic E-state index is 12.3. The molecule has 0 bridgehead atoms. The highest BCUT2D eigenvalue weighted by molar-refractivity contribution is 5.91. The molecule has 1 heterocycles. The number of nitro benzene ring substituents is 1. The minimum absolute atomic E-state index is 0.000273. The Bertz CT molecular complexity index is 1070. The summed E-state index contributed by atoms with van der Waals surface area (Å²) in [5.41, 5.74) is 1.93. The Hall–Kier alpha value is -3.42. The lowest BCUT2D eigenvalue weighted by molar-refractivity contribution is -0.384. The molecule has 0 unspecified atom stereocenters. The first-order valence-corrected chi connectivity index (χ1v) is 8.33. The molecule has 0 saturated heterocycles. The summed E-state index contributed by atoms with van der Waals surface area (Å²) in [5.74, 6) is -1.18. The molecule has 140 valence electrons. The predicted octanol–water partition coefficient (Wildman–Crippen LogP) is 3.44. The molecule has 0 spiro atoms. The van der Waals surface area contributed by atoms with Crippen molar-refractivity contribution in [3.8, 4) is 0 Å². The SMILES string of the molecule is CC(C)(C)c1ccc(NC(=O)Cn2c(=O)oc3ccc([N+](=O)[O-])cc32)cc1. The zero-order valence-corrected chi connectivity index (χ0v) is 15.2. The molecule has 1 amide bonds. The quantitative estimate of drug-likeness (QED) is 0.560. The Morgan fingerprint density at radius 3 is 2.44 bits per heavy atom. The van der Waals surface area contributed by atoms with Crippen LogP contribution >= 0.6 is 0 Å². The number of fused-ring (bicyclic) bond motifs is 1. The Labute approximate surface area is 154 Å². The number of carbonyl (C=O) groups is 1. The number of hydrogen-bond acceptors (Lipinski definition) is 5. The molecule has 3 rings (SSSR count). The third-order valence-electron chi connectivity index (χ3n) is 4.20. The summed E-state index contributed by atoms with van der Waals surface area (Å²) >= 11 is 0. The number of non-ortho nitro benzene ring substituents is 1. The van der Waals surface area contributed by atoms with Crippen LogP contribution in [0.15, 0.2) is 51.7 Å². The van der Waals surface area contributed by atoms with Crippen LogP contribution in [0.2, 0.25) is 0 Å². The summed E-state index contributed by atoms with van der Waals surface area (Å²) in [7, 11) is 0. The van der Waals surface area contributed by atoms with Gasteiger partial charge in [0.05, 0.1) is 10.4 Å². The van der Waals surface area contributed by atoms with Gasteiger partial charge in [0.2, 0.25) is 5.91 Å². The summed E-state index contributed by atoms with van der Waals surface area (Å²) in [6.45, 7) is 5.97. The second-order valence-corrected chi connectivity index (χ2v) is 7.24. The zero-order chi connectivity index (χ0) is 19.8. The van der Waals surface area contributed by atoms with Gasteiger partial charge in [0.1, 0.15) is 6.54 Å². The van der Waals surface area contributed by atoms with Crippen LogP contribution in [0, 0.1) is 10.1 Å². The first kappa shape index (κ1) is 18.4. The van der Waals surface area contributed by atoms with Gasteiger partial charge in [-0.05, 0) is 29.2 Å². The van der Waals surface area contributed by atoms with Crippen LogP contribution in [-0.2, 0) is 16.8 Å². The van der Waals surface area contributed by atoms with Crippen molar-refractivity contribution in [3.05, 3.63) is 68.7 Å². The Balaban J connectivity index is 1.81.